The first-order chi connectivity index (χ1) is 23.3. The minimum atomic E-state index is -3.76. The van der Waals surface area contributed by atoms with E-state index in [9.17, 15) is 43.9 Å². The highest BCUT2D eigenvalue weighted by Crippen LogP contribution is 2.31. The Morgan fingerprint density at radius 2 is 1.47 bits per heavy atom. The molecule has 17 heteroatoms. The van der Waals surface area contributed by atoms with Crippen LogP contribution in [0.5, 0.6) is 0 Å². The molecule has 0 saturated carbocycles. The van der Waals surface area contributed by atoms with E-state index in [0.717, 1.165) is 11.1 Å². The average Bonchev–Trinajstić information content (AvgIpc) is 3.07. The molecule has 2 aromatic rings. The molecule has 2 saturated heterocycles. The van der Waals surface area contributed by atoms with Crippen LogP contribution in [0.25, 0.3) is 10.8 Å². The summed E-state index contributed by atoms with van der Waals surface area (Å²) in [5, 5.41) is 65.1. The van der Waals surface area contributed by atoms with E-state index < -0.39 is 90.5 Å². The van der Waals surface area contributed by atoms with E-state index in [4.69, 9.17) is 18.9 Å². The van der Waals surface area contributed by atoms with Crippen molar-refractivity contribution in [3.05, 3.63) is 36.4 Å². The lowest BCUT2D eigenvalue weighted by atomic mass is 9.95. The van der Waals surface area contributed by atoms with Crippen molar-refractivity contribution in [2.75, 3.05) is 45.4 Å². The third-order valence-electron chi connectivity index (χ3n) is 8.64. The Bertz CT molecular complexity index is 1480. The minimum absolute atomic E-state index is 0.137. The van der Waals surface area contributed by atoms with E-state index in [1.807, 2.05) is 37.2 Å². The molecule has 0 bridgehead atoms. The van der Waals surface area contributed by atoms with Crippen molar-refractivity contribution in [1.29, 1.82) is 0 Å². The monoisotopic (exact) mass is 715 g/mol. The van der Waals surface area contributed by atoms with Crippen LogP contribution in [-0.2, 0) is 33.8 Å². The Balaban J connectivity index is 1.30. The van der Waals surface area contributed by atoms with Crippen LogP contribution in [0.1, 0.15) is 32.6 Å². The second-order valence-electron chi connectivity index (χ2n) is 12.4. The van der Waals surface area contributed by atoms with E-state index in [1.165, 1.54) is 6.92 Å². The van der Waals surface area contributed by atoms with E-state index >= 15 is 0 Å². The summed E-state index contributed by atoms with van der Waals surface area (Å²) in [6.45, 7) is 0.249. The number of amides is 1. The summed E-state index contributed by atoms with van der Waals surface area (Å²) in [5.41, 5.74) is 0.915. The van der Waals surface area contributed by atoms with Crippen LogP contribution in [0.15, 0.2) is 41.3 Å². The zero-order valence-electron chi connectivity index (χ0n) is 27.8. The summed E-state index contributed by atoms with van der Waals surface area (Å²) < 4.78 is 51.9. The summed E-state index contributed by atoms with van der Waals surface area (Å²) in [4.78, 5) is 14.3. The van der Waals surface area contributed by atoms with Crippen LogP contribution in [0.4, 0.5) is 5.69 Å². The highest BCUT2D eigenvalue weighted by molar-refractivity contribution is 7.89. The molecule has 16 nitrogen and oxygen atoms in total. The van der Waals surface area contributed by atoms with Gasteiger partial charge in [-0.2, -0.15) is 0 Å². The number of benzene rings is 2. The molecule has 0 spiro atoms. The fourth-order valence-electron chi connectivity index (χ4n) is 6.05. The van der Waals surface area contributed by atoms with Gasteiger partial charge in [-0.15, -0.1) is 0 Å². The molecule has 0 unspecified atom stereocenters. The third kappa shape index (κ3) is 9.43. The van der Waals surface area contributed by atoms with E-state index in [0.29, 0.717) is 31.1 Å². The lowest BCUT2D eigenvalue weighted by Gasteiger charge is -2.47. The van der Waals surface area contributed by atoms with Crippen LogP contribution in [0, 0.1) is 0 Å². The topological polar surface area (TPSA) is 237 Å². The second kappa shape index (κ2) is 17.6. The van der Waals surface area contributed by atoms with E-state index in [-0.39, 0.29) is 18.0 Å². The van der Waals surface area contributed by atoms with Gasteiger partial charge in [0.15, 0.2) is 12.6 Å². The number of hydrogen-bond donors (Lipinski definition) is 8. The molecule has 0 aromatic heterocycles. The quantitative estimate of drug-likeness (QED) is 0.0927. The third-order valence-corrected chi connectivity index (χ3v) is 10.2. The van der Waals surface area contributed by atoms with Crippen molar-refractivity contribution in [2.24, 2.45) is 0 Å². The van der Waals surface area contributed by atoms with Gasteiger partial charge in [0.05, 0.1) is 18.1 Å². The molecule has 276 valence electrons. The molecule has 2 aliphatic heterocycles. The lowest BCUT2D eigenvalue weighted by molar-refractivity contribution is -0.344. The second-order valence-corrected chi connectivity index (χ2v) is 14.2. The van der Waals surface area contributed by atoms with Gasteiger partial charge in [0.2, 0.25) is 15.9 Å². The molecular weight excluding hydrogens is 666 g/mol. The van der Waals surface area contributed by atoms with E-state index in [1.54, 1.807) is 18.2 Å². The molecule has 4 rings (SSSR count). The van der Waals surface area contributed by atoms with Crippen molar-refractivity contribution in [3.8, 4) is 0 Å². The maximum atomic E-state index is 13.2. The van der Waals surface area contributed by atoms with Crippen LogP contribution in [-0.4, -0.2) is 147 Å². The number of carbonyl (C=O) groups excluding carboxylic acids is 1. The number of nitrogens with one attached hydrogen (secondary N) is 2. The average molecular weight is 716 g/mol. The molecule has 2 aromatic carbocycles. The molecule has 2 fully saturated rings. The smallest absolute Gasteiger partial charge is 0.241 e. The number of aliphatic hydroxyl groups is 6. The number of rotatable bonds is 16. The number of fused-ring (bicyclic) bond motifs is 1. The predicted octanol–water partition coefficient (Wildman–Crippen LogP) is -1.47. The SMILES string of the molecule is CC(=O)N[C@H]1[C@H](OCCCCCCNS(=O)(=O)c2cccc3c(N(C)C)cccc23)O[C@H](CO)[C@@H](O)[C@@H]1O[C@@H]1O[C@H](CO)[C@H](O)[C@H](O)[C@H]1O. The summed E-state index contributed by atoms with van der Waals surface area (Å²) >= 11 is 0. The van der Waals surface area contributed by atoms with Gasteiger partial charge in [0, 0.05) is 50.6 Å². The zero-order chi connectivity index (χ0) is 35.9. The van der Waals surface area contributed by atoms with Gasteiger partial charge in [-0.25, -0.2) is 13.1 Å². The Morgan fingerprint density at radius 3 is 2.14 bits per heavy atom. The Morgan fingerprint density at radius 1 is 0.837 bits per heavy atom. The molecule has 10 atom stereocenters. The molecule has 49 heavy (non-hydrogen) atoms. The van der Waals surface area contributed by atoms with Crippen molar-refractivity contribution in [2.45, 2.75) is 98.9 Å². The molecule has 2 aliphatic rings. The number of ether oxygens (including phenoxy) is 4. The maximum Gasteiger partial charge on any atom is 0.241 e. The minimum Gasteiger partial charge on any atom is -0.394 e. The fraction of sp³-hybridized carbons (Fsp3) is 0.656. The molecule has 0 radical (unpaired) electrons. The van der Waals surface area contributed by atoms with Crippen molar-refractivity contribution in [1.82, 2.24) is 10.0 Å². The van der Waals surface area contributed by atoms with Crippen molar-refractivity contribution in [3.63, 3.8) is 0 Å². The largest absolute Gasteiger partial charge is 0.394 e. The first kappa shape index (κ1) is 39.3. The number of sulfonamides is 1. The highest BCUT2D eigenvalue weighted by atomic mass is 32.2. The highest BCUT2D eigenvalue weighted by Gasteiger charge is 2.51. The number of hydrogen-bond acceptors (Lipinski definition) is 14. The van der Waals surface area contributed by atoms with Gasteiger partial charge in [-0.3, -0.25) is 4.79 Å². The number of unbranched alkanes of at least 4 members (excludes halogenated alkanes) is 3. The maximum absolute atomic E-state index is 13.2. The van der Waals surface area contributed by atoms with Crippen LogP contribution in [0.2, 0.25) is 0 Å². The number of carbonyl (C=O) groups is 1. The zero-order valence-corrected chi connectivity index (χ0v) is 28.6. The Kier molecular flexibility index (Phi) is 14.1. The summed E-state index contributed by atoms with van der Waals surface area (Å²) in [6, 6.07) is 9.60. The van der Waals surface area contributed by atoms with Gasteiger partial charge in [-0.1, -0.05) is 37.1 Å². The van der Waals surface area contributed by atoms with E-state index in [2.05, 4.69) is 10.0 Å². The van der Waals surface area contributed by atoms with Gasteiger partial charge in [0.25, 0.3) is 0 Å². The lowest BCUT2D eigenvalue weighted by Crippen LogP contribution is -2.68. The van der Waals surface area contributed by atoms with Gasteiger partial charge >= 0.3 is 0 Å². The number of anilines is 1. The van der Waals surface area contributed by atoms with Gasteiger partial charge < -0.3 is 59.8 Å². The van der Waals surface area contributed by atoms with Crippen molar-refractivity contribution >= 4 is 32.4 Å². The molecular formula is C32H49N3O13S. The molecule has 2 heterocycles. The van der Waals surface area contributed by atoms with Gasteiger partial charge in [0.1, 0.15) is 48.8 Å². The standard InChI is InChI=1S/C32H49N3O13S/c1-18(38)34-25-30(48-32-29(42)28(41)26(39)22(16-36)47-32)27(40)23(17-37)46-31(25)45-15-7-5-4-6-14-33-49(43,44)24-13-9-10-19-20(24)11-8-12-21(19)35(2)3/h8-13,22-23,25-33,36-37,39-42H,4-7,14-17H2,1-3H3,(H,34,38)/t22-,23-,25-,26+,27-,28+,29-,30-,31-,32+/m1/s1. The van der Waals surface area contributed by atoms with Crippen LogP contribution in [0.3, 0.4) is 0 Å². The normalized spacial score (nSPS) is 30.7. The Labute approximate surface area is 285 Å². The molecule has 0 aliphatic carbocycles. The molecule has 8 N–H and O–H groups in total. The number of aliphatic hydroxyl groups excluding tert-OH is 6. The van der Waals surface area contributed by atoms with Gasteiger partial charge in [-0.05, 0) is 25.0 Å². The predicted molar refractivity (Wildman–Crippen MR) is 176 cm³/mol. The Hall–Kier alpha value is -2.52. The van der Waals surface area contributed by atoms with Crippen molar-refractivity contribution < 1.29 is 62.8 Å². The fourth-order valence-corrected chi connectivity index (χ4v) is 7.34. The van der Waals surface area contributed by atoms with Crippen LogP contribution < -0.4 is 14.9 Å². The summed E-state index contributed by atoms with van der Waals surface area (Å²) in [5.74, 6) is -0.525. The summed E-state index contributed by atoms with van der Waals surface area (Å²) in [7, 11) is 0.0420. The van der Waals surface area contributed by atoms with Crippen LogP contribution >= 0.6 is 0 Å². The molecule has 1 amide bonds. The first-order valence-corrected chi connectivity index (χ1v) is 17.8. The first-order valence-electron chi connectivity index (χ1n) is 16.3. The summed E-state index contributed by atoms with van der Waals surface area (Å²) in [6.07, 6.45) is -10.9. The number of nitrogens with zero attached hydrogens (tertiary/aromatic N) is 1.